The summed E-state index contributed by atoms with van der Waals surface area (Å²) in [5.74, 6) is -3.12. The van der Waals surface area contributed by atoms with E-state index in [1.165, 1.54) is 6.07 Å². The number of H-pyrrole nitrogens is 1. The van der Waals surface area contributed by atoms with Crippen LogP contribution in [0.2, 0.25) is 0 Å². The fourth-order valence-electron chi connectivity index (χ4n) is 4.57. The first-order valence-corrected chi connectivity index (χ1v) is 11.6. The van der Waals surface area contributed by atoms with Crippen molar-refractivity contribution in [2.75, 3.05) is 23.3 Å². The van der Waals surface area contributed by atoms with Gasteiger partial charge >= 0.3 is 12.1 Å². The second kappa shape index (κ2) is 10.3. The molecule has 1 aromatic heterocycles. The summed E-state index contributed by atoms with van der Waals surface area (Å²) < 4.78 is 55.4. The van der Waals surface area contributed by atoms with Crippen LogP contribution in [-0.4, -0.2) is 47.1 Å². The zero-order chi connectivity index (χ0) is 27.8. The zero-order valence-corrected chi connectivity index (χ0v) is 20.3. The van der Waals surface area contributed by atoms with Gasteiger partial charge in [-0.2, -0.15) is 13.2 Å². The molecule has 4 N–H and O–H groups in total. The Labute approximate surface area is 214 Å². The predicted octanol–water partition coefficient (Wildman–Crippen LogP) is 4.34. The second-order valence-electron chi connectivity index (χ2n) is 9.18. The molecule has 2 heterocycles. The standard InChI is InChI=1S/C26H24F4N4O4/c1-13-11-34(12-14(2)32-13)22-6-4-15(17-7-16(25(37)38)3-5-20(17)27)8-21(22)33-24(36)18-10-31-23(35)9-19(18)26(28,29)30/h3-10,13-14,32H,11-12H2,1-2H3,(H,31,35)(H,33,36)(H,37,38). The highest BCUT2D eigenvalue weighted by Gasteiger charge is 2.36. The molecule has 8 nitrogen and oxygen atoms in total. The van der Waals surface area contributed by atoms with Gasteiger partial charge in [0.2, 0.25) is 5.56 Å². The normalized spacial score (nSPS) is 17.8. The minimum Gasteiger partial charge on any atom is -0.478 e. The second-order valence-corrected chi connectivity index (χ2v) is 9.18. The maximum atomic E-state index is 14.7. The summed E-state index contributed by atoms with van der Waals surface area (Å²) in [6, 6.07) is 8.19. The molecule has 4 rings (SSSR count). The number of pyridine rings is 1. The summed E-state index contributed by atoms with van der Waals surface area (Å²) in [4.78, 5) is 40.1. The minimum atomic E-state index is -4.96. The van der Waals surface area contributed by atoms with Gasteiger partial charge in [-0.15, -0.1) is 0 Å². The van der Waals surface area contributed by atoms with Crippen LogP contribution in [0.4, 0.5) is 28.9 Å². The van der Waals surface area contributed by atoms with E-state index in [1.807, 2.05) is 18.7 Å². The maximum Gasteiger partial charge on any atom is 0.417 e. The number of carbonyl (C=O) groups is 2. The highest BCUT2D eigenvalue weighted by molar-refractivity contribution is 6.07. The van der Waals surface area contributed by atoms with Crippen molar-refractivity contribution in [3.63, 3.8) is 0 Å². The number of anilines is 2. The van der Waals surface area contributed by atoms with E-state index in [1.54, 1.807) is 12.1 Å². The molecule has 0 radical (unpaired) electrons. The van der Waals surface area contributed by atoms with E-state index in [-0.39, 0.29) is 34.5 Å². The smallest absolute Gasteiger partial charge is 0.417 e. The van der Waals surface area contributed by atoms with Gasteiger partial charge in [0.05, 0.1) is 28.1 Å². The van der Waals surface area contributed by atoms with Crippen molar-refractivity contribution in [3.8, 4) is 11.1 Å². The van der Waals surface area contributed by atoms with Gasteiger partial charge in [-0.05, 0) is 49.7 Å². The summed E-state index contributed by atoms with van der Waals surface area (Å²) in [6.07, 6.45) is -4.27. The van der Waals surface area contributed by atoms with Crippen molar-refractivity contribution < 1.29 is 32.3 Å². The Morgan fingerprint density at radius 2 is 1.74 bits per heavy atom. The molecule has 38 heavy (non-hydrogen) atoms. The number of rotatable bonds is 5. The topological polar surface area (TPSA) is 115 Å². The van der Waals surface area contributed by atoms with Crippen molar-refractivity contribution in [1.29, 1.82) is 0 Å². The van der Waals surface area contributed by atoms with Crippen LogP contribution in [0.1, 0.15) is 40.1 Å². The highest BCUT2D eigenvalue weighted by atomic mass is 19.4. The van der Waals surface area contributed by atoms with Gasteiger partial charge in [-0.25, -0.2) is 9.18 Å². The minimum absolute atomic E-state index is 0.0581. The van der Waals surface area contributed by atoms with E-state index >= 15 is 0 Å². The fourth-order valence-corrected chi connectivity index (χ4v) is 4.57. The number of carboxylic acids is 1. The lowest BCUT2D eigenvalue weighted by atomic mass is 10.00. The van der Waals surface area contributed by atoms with Crippen molar-refractivity contribution >= 4 is 23.3 Å². The molecule has 2 aromatic carbocycles. The first kappa shape index (κ1) is 26.9. The van der Waals surface area contributed by atoms with E-state index < -0.39 is 40.6 Å². The quantitative estimate of drug-likeness (QED) is 0.364. The molecule has 200 valence electrons. The third kappa shape index (κ3) is 5.70. The summed E-state index contributed by atoms with van der Waals surface area (Å²) in [7, 11) is 0. The van der Waals surface area contributed by atoms with Crippen LogP contribution in [0.3, 0.4) is 0 Å². The molecule has 3 aromatic rings. The Morgan fingerprint density at radius 1 is 1.05 bits per heavy atom. The van der Waals surface area contributed by atoms with Crippen molar-refractivity contribution in [1.82, 2.24) is 10.3 Å². The lowest BCUT2D eigenvalue weighted by Gasteiger charge is -2.38. The summed E-state index contributed by atoms with van der Waals surface area (Å²) >= 11 is 0. The number of halogens is 4. The molecule has 1 aliphatic rings. The predicted molar refractivity (Wildman–Crippen MR) is 133 cm³/mol. The highest BCUT2D eigenvalue weighted by Crippen LogP contribution is 2.36. The van der Waals surface area contributed by atoms with Crippen LogP contribution in [0.25, 0.3) is 11.1 Å². The molecule has 1 fully saturated rings. The number of hydrogen-bond acceptors (Lipinski definition) is 5. The van der Waals surface area contributed by atoms with E-state index in [0.29, 0.717) is 31.0 Å². The van der Waals surface area contributed by atoms with Crippen LogP contribution in [-0.2, 0) is 6.18 Å². The Kier molecular flexibility index (Phi) is 7.27. The monoisotopic (exact) mass is 532 g/mol. The van der Waals surface area contributed by atoms with Crippen LogP contribution in [0, 0.1) is 5.82 Å². The SMILES string of the molecule is CC1CN(c2ccc(-c3cc(C(=O)O)ccc3F)cc2NC(=O)c2c[nH]c(=O)cc2C(F)(F)F)CC(C)N1. The van der Waals surface area contributed by atoms with E-state index in [2.05, 4.69) is 15.6 Å². The maximum absolute atomic E-state index is 14.7. The third-order valence-corrected chi connectivity index (χ3v) is 6.14. The van der Waals surface area contributed by atoms with Crippen molar-refractivity contribution in [3.05, 3.63) is 81.5 Å². The van der Waals surface area contributed by atoms with Crippen LogP contribution >= 0.6 is 0 Å². The Hall–Kier alpha value is -4.19. The molecule has 0 spiro atoms. The van der Waals surface area contributed by atoms with Gasteiger partial charge in [-0.3, -0.25) is 9.59 Å². The van der Waals surface area contributed by atoms with E-state index in [4.69, 9.17) is 0 Å². The number of nitrogens with zero attached hydrogens (tertiary/aromatic N) is 1. The van der Waals surface area contributed by atoms with Gasteiger partial charge in [0, 0.05) is 43.0 Å². The number of amides is 1. The summed E-state index contributed by atoms with van der Waals surface area (Å²) in [6.45, 7) is 4.94. The number of aromatic amines is 1. The van der Waals surface area contributed by atoms with E-state index in [0.717, 1.165) is 18.2 Å². The average molecular weight is 532 g/mol. The lowest BCUT2D eigenvalue weighted by Crippen LogP contribution is -2.54. The van der Waals surface area contributed by atoms with Crippen LogP contribution in [0.5, 0.6) is 0 Å². The van der Waals surface area contributed by atoms with Gasteiger partial charge in [0.1, 0.15) is 5.82 Å². The number of carboxylic acid groups (broad SMARTS) is 1. The van der Waals surface area contributed by atoms with Crippen molar-refractivity contribution in [2.24, 2.45) is 0 Å². The summed E-state index contributed by atoms with van der Waals surface area (Å²) in [5.41, 5.74) is -2.66. The molecule has 1 amide bonds. The van der Waals surface area contributed by atoms with Crippen LogP contribution < -0.4 is 21.1 Å². The number of alkyl halides is 3. The molecule has 2 atom stereocenters. The lowest BCUT2D eigenvalue weighted by molar-refractivity contribution is -0.138. The Balaban J connectivity index is 1.82. The number of hydrogen-bond donors (Lipinski definition) is 4. The van der Waals surface area contributed by atoms with Gasteiger partial charge in [-0.1, -0.05) is 6.07 Å². The Bertz CT molecular complexity index is 1440. The largest absolute Gasteiger partial charge is 0.478 e. The Morgan fingerprint density at radius 3 is 2.37 bits per heavy atom. The molecule has 1 aliphatic heterocycles. The summed E-state index contributed by atoms with van der Waals surface area (Å²) in [5, 5.41) is 15.2. The van der Waals surface area contributed by atoms with Gasteiger partial charge in [0.15, 0.2) is 0 Å². The fraction of sp³-hybridized carbons (Fsp3) is 0.269. The molecular weight excluding hydrogens is 508 g/mol. The number of carbonyl (C=O) groups excluding carboxylic acids is 1. The number of benzene rings is 2. The molecule has 0 saturated carbocycles. The molecule has 12 heteroatoms. The van der Waals surface area contributed by atoms with Crippen molar-refractivity contribution in [2.45, 2.75) is 32.1 Å². The average Bonchev–Trinajstić information content (AvgIpc) is 2.83. The molecular formula is C26H24F4N4O4. The zero-order valence-electron chi connectivity index (χ0n) is 20.3. The first-order chi connectivity index (χ1) is 17.8. The molecule has 1 saturated heterocycles. The first-order valence-electron chi connectivity index (χ1n) is 11.6. The van der Waals surface area contributed by atoms with Gasteiger partial charge in [0.25, 0.3) is 5.91 Å². The number of nitrogens with one attached hydrogen (secondary N) is 3. The number of piperazine rings is 1. The van der Waals surface area contributed by atoms with E-state index in [9.17, 15) is 37.1 Å². The molecule has 0 aliphatic carbocycles. The third-order valence-electron chi connectivity index (χ3n) is 6.14. The van der Waals surface area contributed by atoms with Crippen LogP contribution in [0.15, 0.2) is 53.5 Å². The number of aromatic carboxylic acids is 1. The van der Waals surface area contributed by atoms with Gasteiger partial charge < -0.3 is 25.6 Å². The molecule has 0 bridgehead atoms. The number of aromatic nitrogens is 1. The molecule has 2 unspecified atom stereocenters.